The second kappa shape index (κ2) is 5.13. The van der Waals surface area contributed by atoms with Crippen molar-refractivity contribution in [2.75, 3.05) is 23.1 Å². The van der Waals surface area contributed by atoms with Gasteiger partial charge in [-0.1, -0.05) is 24.6 Å². The lowest BCUT2D eigenvalue weighted by Gasteiger charge is -2.26. The van der Waals surface area contributed by atoms with E-state index in [1.54, 1.807) is 4.31 Å². The second-order valence-corrected chi connectivity index (χ2v) is 7.31. The number of benzene rings is 1. The molecule has 1 unspecified atom stereocenters. The number of fused-ring (bicyclic) bond motifs is 1. The fourth-order valence-corrected chi connectivity index (χ4v) is 4.83. The summed E-state index contributed by atoms with van der Waals surface area (Å²) in [6, 6.07) is 7.92. The van der Waals surface area contributed by atoms with Gasteiger partial charge < -0.3 is 5.32 Å². The highest BCUT2D eigenvalue weighted by Gasteiger charge is 2.31. The maximum absolute atomic E-state index is 12.5. The quantitative estimate of drug-likeness (QED) is 0.913. The molecule has 0 amide bonds. The Morgan fingerprint density at radius 1 is 1.26 bits per heavy atom. The molecule has 0 radical (unpaired) electrons. The van der Waals surface area contributed by atoms with Gasteiger partial charge in [0.1, 0.15) is 0 Å². The third kappa shape index (κ3) is 2.62. The molecule has 19 heavy (non-hydrogen) atoms. The van der Waals surface area contributed by atoms with Gasteiger partial charge in [-0.05, 0) is 37.4 Å². The monoisotopic (exact) mass is 280 g/mol. The first-order valence-electron chi connectivity index (χ1n) is 6.98. The Balaban J connectivity index is 1.78. The fourth-order valence-electron chi connectivity index (χ4n) is 3.01. The zero-order chi connectivity index (χ0) is 13.3. The summed E-state index contributed by atoms with van der Waals surface area (Å²) in [7, 11) is -3.20. The molecule has 1 fully saturated rings. The Morgan fingerprint density at radius 3 is 2.89 bits per heavy atom. The molecular formula is C14H20N2O2S. The normalized spacial score (nSPS) is 23.4. The number of piperidine rings is 1. The molecule has 0 aliphatic carbocycles. The molecule has 1 N–H and O–H groups in total. The molecule has 5 heteroatoms. The summed E-state index contributed by atoms with van der Waals surface area (Å²) in [5.74, 6) is 0.224. The lowest BCUT2D eigenvalue weighted by atomic mass is 10.1. The summed E-state index contributed by atoms with van der Waals surface area (Å²) in [4.78, 5) is 0. The van der Waals surface area contributed by atoms with E-state index >= 15 is 0 Å². The Hall–Kier alpha value is -1.07. The van der Waals surface area contributed by atoms with Gasteiger partial charge in [-0.2, -0.15) is 0 Å². The van der Waals surface area contributed by atoms with E-state index in [9.17, 15) is 8.42 Å². The zero-order valence-corrected chi connectivity index (χ0v) is 11.8. The first kappa shape index (κ1) is 12.9. The maximum Gasteiger partial charge on any atom is 0.236 e. The van der Waals surface area contributed by atoms with Crippen molar-refractivity contribution in [3.8, 4) is 0 Å². The Labute approximate surface area is 114 Å². The molecule has 1 aromatic rings. The molecule has 2 aliphatic heterocycles. The molecule has 0 saturated carbocycles. The van der Waals surface area contributed by atoms with Crippen LogP contribution < -0.4 is 9.62 Å². The van der Waals surface area contributed by atoms with E-state index in [4.69, 9.17) is 0 Å². The van der Waals surface area contributed by atoms with Crippen molar-refractivity contribution in [1.82, 2.24) is 5.32 Å². The van der Waals surface area contributed by atoms with E-state index in [2.05, 4.69) is 5.32 Å². The summed E-state index contributed by atoms with van der Waals surface area (Å²) in [5, 5.41) is 3.32. The van der Waals surface area contributed by atoms with Gasteiger partial charge in [0.05, 0.1) is 11.4 Å². The van der Waals surface area contributed by atoms with E-state index in [1.807, 2.05) is 24.3 Å². The number of nitrogens with zero attached hydrogens (tertiary/aromatic N) is 1. The van der Waals surface area contributed by atoms with Gasteiger partial charge in [0, 0.05) is 12.6 Å². The van der Waals surface area contributed by atoms with Crippen LogP contribution in [0.25, 0.3) is 0 Å². The van der Waals surface area contributed by atoms with Gasteiger partial charge >= 0.3 is 0 Å². The lowest BCUT2D eigenvalue weighted by molar-refractivity contribution is 0.423. The molecule has 2 aliphatic rings. The van der Waals surface area contributed by atoms with Gasteiger partial charge in [-0.3, -0.25) is 4.31 Å². The average molecular weight is 280 g/mol. The summed E-state index contributed by atoms with van der Waals surface area (Å²) in [6.07, 6.45) is 4.08. The lowest BCUT2D eigenvalue weighted by Crippen LogP contribution is -2.43. The zero-order valence-electron chi connectivity index (χ0n) is 11.0. The predicted octanol–water partition coefficient (Wildman–Crippen LogP) is 1.52. The van der Waals surface area contributed by atoms with Gasteiger partial charge in [0.2, 0.25) is 10.0 Å². The molecule has 2 heterocycles. The number of hydrogen-bond donors (Lipinski definition) is 1. The van der Waals surface area contributed by atoms with Crippen molar-refractivity contribution in [2.24, 2.45) is 0 Å². The van der Waals surface area contributed by atoms with Crippen LogP contribution in [0.15, 0.2) is 24.3 Å². The van der Waals surface area contributed by atoms with Crippen molar-refractivity contribution in [3.05, 3.63) is 29.8 Å². The average Bonchev–Trinajstić information content (AvgIpc) is 2.84. The van der Waals surface area contributed by atoms with E-state index in [1.165, 1.54) is 0 Å². The third-order valence-electron chi connectivity index (χ3n) is 4.00. The predicted molar refractivity (Wildman–Crippen MR) is 76.9 cm³/mol. The maximum atomic E-state index is 12.5. The molecular weight excluding hydrogens is 260 g/mol. The number of anilines is 1. The molecule has 0 bridgehead atoms. The summed E-state index contributed by atoms with van der Waals surface area (Å²) in [5.41, 5.74) is 2.01. The molecule has 104 valence electrons. The minimum atomic E-state index is -3.20. The van der Waals surface area contributed by atoms with Crippen molar-refractivity contribution >= 4 is 15.7 Å². The van der Waals surface area contributed by atoms with Crippen molar-refractivity contribution in [1.29, 1.82) is 0 Å². The molecule has 1 aromatic carbocycles. The highest BCUT2D eigenvalue weighted by Crippen LogP contribution is 2.30. The van der Waals surface area contributed by atoms with Crippen LogP contribution in [0.1, 0.15) is 24.8 Å². The van der Waals surface area contributed by atoms with Crippen LogP contribution in [-0.2, 0) is 16.4 Å². The van der Waals surface area contributed by atoms with E-state index < -0.39 is 10.0 Å². The molecule has 1 saturated heterocycles. The van der Waals surface area contributed by atoms with Crippen molar-refractivity contribution in [3.63, 3.8) is 0 Å². The summed E-state index contributed by atoms with van der Waals surface area (Å²) >= 11 is 0. The SMILES string of the molecule is O=S(=O)(CC1CCCCN1)N1CCc2ccccc21. The summed E-state index contributed by atoms with van der Waals surface area (Å²) < 4.78 is 26.7. The molecule has 4 nitrogen and oxygen atoms in total. The van der Waals surface area contributed by atoms with E-state index in [0.29, 0.717) is 6.54 Å². The van der Waals surface area contributed by atoms with Crippen LogP contribution in [0.2, 0.25) is 0 Å². The minimum absolute atomic E-state index is 0.117. The van der Waals surface area contributed by atoms with E-state index in [0.717, 1.165) is 43.5 Å². The third-order valence-corrected chi connectivity index (χ3v) is 5.88. The van der Waals surface area contributed by atoms with Gasteiger partial charge in [0.15, 0.2) is 0 Å². The largest absolute Gasteiger partial charge is 0.313 e. The molecule has 0 aromatic heterocycles. The molecule has 1 atom stereocenters. The van der Waals surface area contributed by atoms with Crippen LogP contribution in [0.4, 0.5) is 5.69 Å². The first-order chi connectivity index (χ1) is 9.17. The van der Waals surface area contributed by atoms with Gasteiger partial charge in [-0.25, -0.2) is 8.42 Å². The number of rotatable bonds is 3. The number of para-hydroxylation sites is 1. The Morgan fingerprint density at radius 2 is 2.11 bits per heavy atom. The molecule has 0 spiro atoms. The second-order valence-electron chi connectivity index (χ2n) is 5.38. The highest BCUT2D eigenvalue weighted by atomic mass is 32.2. The number of nitrogens with one attached hydrogen (secondary N) is 1. The topological polar surface area (TPSA) is 49.4 Å². The highest BCUT2D eigenvalue weighted by molar-refractivity contribution is 7.92. The van der Waals surface area contributed by atoms with E-state index in [-0.39, 0.29) is 11.8 Å². The van der Waals surface area contributed by atoms with Crippen LogP contribution in [-0.4, -0.2) is 33.3 Å². The van der Waals surface area contributed by atoms with Crippen LogP contribution >= 0.6 is 0 Å². The number of hydrogen-bond acceptors (Lipinski definition) is 3. The van der Waals surface area contributed by atoms with Crippen molar-refractivity contribution < 1.29 is 8.42 Å². The smallest absolute Gasteiger partial charge is 0.236 e. The van der Waals surface area contributed by atoms with Gasteiger partial charge in [0.25, 0.3) is 0 Å². The molecule has 3 rings (SSSR count). The Kier molecular flexibility index (Phi) is 3.50. The Bertz CT molecular complexity index is 550. The van der Waals surface area contributed by atoms with Gasteiger partial charge in [-0.15, -0.1) is 0 Å². The van der Waals surface area contributed by atoms with Crippen LogP contribution in [0, 0.1) is 0 Å². The standard InChI is InChI=1S/C14H20N2O2S/c17-19(18,11-13-6-3-4-9-15-13)16-10-8-12-5-1-2-7-14(12)16/h1-2,5,7,13,15H,3-4,6,8-11H2. The van der Waals surface area contributed by atoms with Crippen LogP contribution in [0.3, 0.4) is 0 Å². The first-order valence-corrected chi connectivity index (χ1v) is 8.59. The minimum Gasteiger partial charge on any atom is -0.313 e. The van der Waals surface area contributed by atoms with Crippen LogP contribution in [0.5, 0.6) is 0 Å². The van der Waals surface area contributed by atoms with Crippen molar-refractivity contribution in [2.45, 2.75) is 31.7 Å². The number of sulfonamides is 1. The fraction of sp³-hybridized carbons (Fsp3) is 0.571. The summed E-state index contributed by atoms with van der Waals surface area (Å²) in [6.45, 7) is 1.53.